The van der Waals surface area contributed by atoms with Gasteiger partial charge in [-0.05, 0) is 27.2 Å². The summed E-state index contributed by atoms with van der Waals surface area (Å²) >= 11 is 0. The number of hydrogen-bond acceptors (Lipinski definition) is 5. The topological polar surface area (TPSA) is 83.9 Å². The number of nitrogens with zero attached hydrogens (tertiary/aromatic N) is 1. The van der Waals surface area contributed by atoms with Gasteiger partial charge in [-0.15, -0.1) is 0 Å². The van der Waals surface area contributed by atoms with E-state index in [2.05, 4.69) is 0 Å². The molecule has 0 saturated carbocycles. The number of likely N-dealkylation sites (tertiary alicyclic amines) is 1. The zero-order valence-electron chi connectivity index (χ0n) is 10.3. The van der Waals surface area contributed by atoms with Crippen LogP contribution in [0.25, 0.3) is 0 Å². The van der Waals surface area contributed by atoms with Crippen LogP contribution in [-0.2, 0) is 15.4 Å². The van der Waals surface area contributed by atoms with Gasteiger partial charge in [0.25, 0.3) is 0 Å². The summed E-state index contributed by atoms with van der Waals surface area (Å²) in [6, 6.07) is 0. The van der Waals surface area contributed by atoms with Crippen molar-refractivity contribution in [2.75, 3.05) is 19.7 Å². The van der Waals surface area contributed by atoms with E-state index in [0.29, 0.717) is 0 Å². The summed E-state index contributed by atoms with van der Waals surface area (Å²) < 4.78 is 26.3. The van der Waals surface area contributed by atoms with Gasteiger partial charge in [-0.1, -0.05) is 0 Å². The fraction of sp³-hybridized carbons (Fsp3) is 0.900. The van der Waals surface area contributed by atoms with E-state index in [4.69, 9.17) is 9.84 Å². The Hall–Kier alpha value is -0.820. The minimum atomic E-state index is -2.66. The Balaban J connectivity index is 2.57. The van der Waals surface area contributed by atoms with E-state index < -0.39 is 27.1 Å². The Kier molecular flexibility index (Phi) is 4.03. The first-order valence-corrected chi connectivity index (χ1v) is 6.61. The quantitative estimate of drug-likeness (QED) is 0.700. The molecule has 1 aliphatic heterocycles. The molecule has 100 valence electrons. The summed E-state index contributed by atoms with van der Waals surface area (Å²) in [7, 11) is -2.66. The zero-order chi connectivity index (χ0) is 13.3. The number of amides is 1. The molecule has 0 aliphatic carbocycles. The van der Waals surface area contributed by atoms with Crippen molar-refractivity contribution in [3.63, 3.8) is 0 Å². The van der Waals surface area contributed by atoms with Crippen LogP contribution in [-0.4, -0.2) is 54.6 Å². The van der Waals surface area contributed by atoms with E-state index >= 15 is 0 Å². The molecule has 0 aromatic heterocycles. The maximum Gasteiger partial charge on any atom is 0.410 e. The van der Waals surface area contributed by atoms with Crippen LogP contribution in [0.5, 0.6) is 0 Å². The second-order valence-corrected chi connectivity index (χ2v) is 6.75. The standard InChI is InChI=1S/C10H19NO5S/c1-9(2,3)16-8(13)11-6-10(7-11,4-5-12)17(14)15/h12,17H,4-7H2,1-3H3. The molecule has 0 unspecified atom stereocenters. The first-order valence-electron chi connectivity index (χ1n) is 5.43. The van der Waals surface area contributed by atoms with Crippen LogP contribution in [0.2, 0.25) is 0 Å². The number of rotatable bonds is 3. The SMILES string of the molecule is CC(C)(C)OC(=O)N1CC(CCO)([SH](=O)=O)C1. The number of aliphatic hydroxyl groups excluding tert-OH is 1. The van der Waals surface area contributed by atoms with E-state index in [1.807, 2.05) is 0 Å². The van der Waals surface area contributed by atoms with E-state index in [9.17, 15) is 13.2 Å². The fourth-order valence-corrected chi connectivity index (χ4v) is 2.55. The monoisotopic (exact) mass is 265 g/mol. The Morgan fingerprint density at radius 3 is 2.29 bits per heavy atom. The molecule has 1 rings (SSSR count). The van der Waals surface area contributed by atoms with Crippen LogP contribution in [0.4, 0.5) is 4.79 Å². The number of hydrogen-bond donors (Lipinski definition) is 2. The molecule has 0 aromatic carbocycles. The highest BCUT2D eigenvalue weighted by Gasteiger charge is 2.49. The van der Waals surface area contributed by atoms with Crippen molar-refractivity contribution in [3.05, 3.63) is 0 Å². The zero-order valence-corrected chi connectivity index (χ0v) is 11.2. The minimum Gasteiger partial charge on any atom is -0.444 e. The molecule has 1 aliphatic rings. The molecule has 7 heteroatoms. The summed E-state index contributed by atoms with van der Waals surface area (Å²) in [6.07, 6.45) is -0.353. The van der Waals surface area contributed by atoms with Crippen LogP contribution in [0.3, 0.4) is 0 Å². The summed E-state index contributed by atoms with van der Waals surface area (Å²) in [5.74, 6) is 0. The van der Waals surface area contributed by atoms with Gasteiger partial charge in [0.2, 0.25) is 0 Å². The van der Waals surface area contributed by atoms with E-state index in [-0.39, 0.29) is 26.1 Å². The van der Waals surface area contributed by atoms with Gasteiger partial charge in [0.15, 0.2) is 0 Å². The Morgan fingerprint density at radius 1 is 1.41 bits per heavy atom. The van der Waals surface area contributed by atoms with Gasteiger partial charge in [0.05, 0.1) is 0 Å². The lowest BCUT2D eigenvalue weighted by Gasteiger charge is -2.45. The molecule has 0 atom stereocenters. The van der Waals surface area contributed by atoms with E-state index in [1.165, 1.54) is 4.90 Å². The second-order valence-electron chi connectivity index (χ2n) is 5.29. The third kappa shape index (κ3) is 3.32. The molecular weight excluding hydrogens is 246 g/mol. The molecule has 1 N–H and O–H groups in total. The first kappa shape index (κ1) is 14.2. The summed E-state index contributed by atoms with van der Waals surface area (Å²) in [6.45, 7) is 5.24. The molecule has 0 aromatic rings. The van der Waals surface area contributed by atoms with Crippen molar-refractivity contribution in [1.82, 2.24) is 4.90 Å². The van der Waals surface area contributed by atoms with Gasteiger partial charge >= 0.3 is 6.09 Å². The van der Waals surface area contributed by atoms with Crippen molar-refractivity contribution in [1.29, 1.82) is 0 Å². The number of thiol groups is 1. The number of ether oxygens (including phenoxy) is 1. The molecule has 0 spiro atoms. The maximum atomic E-state index is 11.6. The van der Waals surface area contributed by atoms with Crippen molar-refractivity contribution in [2.24, 2.45) is 0 Å². The Morgan fingerprint density at radius 2 is 1.94 bits per heavy atom. The number of carbonyl (C=O) groups is 1. The van der Waals surface area contributed by atoms with Crippen LogP contribution in [0, 0.1) is 0 Å². The number of carbonyl (C=O) groups excluding carboxylic acids is 1. The van der Waals surface area contributed by atoms with Gasteiger partial charge in [-0.2, -0.15) is 0 Å². The second kappa shape index (κ2) is 4.81. The first-order chi connectivity index (χ1) is 7.70. The maximum absolute atomic E-state index is 11.6. The van der Waals surface area contributed by atoms with E-state index in [0.717, 1.165) is 0 Å². The average Bonchev–Trinajstić information content (AvgIpc) is 2.06. The summed E-state index contributed by atoms with van der Waals surface area (Å²) in [5.41, 5.74) is -0.591. The molecule has 0 radical (unpaired) electrons. The minimum absolute atomic E-state index is 0.0984. The smallest absolute Gasteiger partial charge is 0.410 e. The molecule has 1 fully saturated rings. The summed E-state index contributed by atoms with van der Waals surface area (Å²) in [4.78, 5) is 12.9. The Bertz CT molecular complexity index is 357. The molecule has 1 amide bonds. The third-order valence-electron chi connectivity index (χ3n) is 2.59. The van der Waals surface area contributed by atoms with Gasteiger partial charge < -0.3 is 14.7 Å². The third-order valence-corrected chi connectivity index (χ3v) is 3.87. The van der Waals surface area contributed by atoms with Crippen LogP contribution in [0.1, 0.15) is 27.2 Å². The molecule has 1 heterocycles. The van der Waals surface area contributed by atoms with Gasteiger partial charge in [-0.3, -0.25) is 0 Å². The largest absolute Gasteiger partial charge is 0.444 e. The highest BCUT2D eigenvalue weighted by Crippen LogP contribution is 2.29. The van der Waals surface area contributed by atoms with Crippen LogP contribution >= 0.6 is 0 Å². The lowest BCUT2D eigenvalue weighted by atomic mass is 9.96. The lowest BCUT2D eigenvalue weighted by molar-refractivity contribution is 0.00127. The average molecular weight is 265 g/mol. The molecule has 6 nitrogen and oxygen atoms in total. The normalized spacial score (nSPS) is 19.0. The predicted molar refractivity (Wildman–Crippen MR) is 62.6 cm³/mol. The lowest BCUT2D eigenvalue weighted by Crippen LogP contribution is -2.65. The van der Waals surface area contributed by atoms with E-state index in [1.54, 1.807) is 20.8 Å². The predicted octanol–water partition coefficient (Wildman–Crippen LogP) is -0.0303. The molecule has 17 heavy (non-hydrogen) atoms. The summed E-state index contributed by atoms with van der Waals surface area (Å²) in [5, 5.41) is 8.82. The van der Waals surface area contributed by atoms with Crippen molar-refractivity contribution >= 4 is 16.8 Å². The van der Waals surface area contributed by atoms with Crippen molar-refractivity contribution in [2.45, 2.75) is 37.5 Å². The van der Waals surface area contributed by atoms with Crippen LogP contribution < -0.4 is 0 Å². The van der Waals surface area contributed by atoms with Gasteiger partial charge in [0, 0.05) is 19.7 Å². The highest BCUT2D eigenvalue weighted by atomic mass is 32.2. The van der Waals surface area contributed by atoms with Gasteiger partial charge in [0.1, 0.15) is 21.1 Å². The molecule has 1 saturated heterocycles. The van der Waals surface area contributed by atoms with Crippen LogP contribution in [0.15, 0.2) is 0 Å². The number of aliphatic hydroxyl groups is 1. The molecular formula is C10H19NO5S. The molecule has 0 bridgehead atoms. The van der Waals surface area contributed by atoms with Gasteiger partial charge in [-0.25, -0.2) is 13.2 Å². The Labute approximate surface area is 103 Å². The van der Waals surface area contributed by atoms with Crippen molar-refractivity contribution in [3.8, 4) is 0 Å². The fourth-order valence-electron chi connectivity index (χ4n) is 1.69. The van der Waals surface area contributed by atoms with Crippen molar-refractivity contribution < 1.29 is 23.1 Å². The highest BCUT2D eigenvalue weighted by molar-refractivity contribution is 7.74.